The maximum absolute atomic E-state index is 12.1. The van der Waals surface area contributed by atoms with E-state index < -0.39 is 24.7 Å². The number of hydrogen-bond donors (Lipinski definition) is 1. The third-order valence-corrected chi connectivity index (χ3v) is 3.08. The van der Waals surface area contributed by atoms with Crippen LogP contribution in [0.25, 0.3) is 0 Å². The van der Waals surface area contributed by atoms with Crippen molar-refractivity contribution in [2.75, 3.05) is 0 Å². The minimum atomic E-state index is -2.89. The zero-order valence-corrected chi connectivity index (χ0v) is 11.2. The third-order valence-electron chi connectivity index (χ3n) is 3.08. The van der Waals surface area contributed by atoms with Gasteiger partial charge in [-0.3, -0.25) is 4.90 Å². The average Bonchev–Trinajstić information content (AvgIpc) is 2.73. The molecule has 2 rings (SSSR count). The Morgan fingerprint density at radius 2 is 2.05 bits per heavy atom. The summed E-state index contributed by atoms with van der Waals surface area (Å²) < 4.78 is 28.5. The van der Waals surface area contributed by atoms with Crippen LogP contribution in [0.15, 0.2) is 29.3 Å². The molecule has 2 N–H and O–H groups in total. The monoisotopic (exact) mass is 293 g/mol. The molecule has 1 aliphatic heterocycles. The smallest absolute Gasteiger partial charge is 0.387 e. The number of carbonyl (C=O) groups is 1. The zero-order valence-electron chi connectivity index (χ0n) is 11.2. The van der Waals surface area contributed by atoms with E-state index >= 15 is 0 Å². The number of alkyl halides is 2. The molecule has 2 amide bonds. The van der Waals surface area contributed by atoms with E-state index in [1.807, 2.05) is 0 Å². The summed E-state index contributed by atoms with van der Waals surface area (Å²) in [6, 6.07) is 4.20. The molecule has 0 radical (unpaired) electrons. The van der Waals surface area contributed by atoms with Crippen LogP contribution < -0.4 is 10.5 Å². The summed E-state index contributed by atoms with van der Waals surface area (Å²) in [6.45, 7) is -1.22. The van der Waals surface area contributed by atoms with Gasteiger partial charge in [-0.25, -0.2) is 4.79 Å². The summed E-state index contributed by atoms with van der Waals surface area (Å²) in [5.74, 6) is 2.58. The topological polar surface area (TPSA) is 67.9 Å². The van der Waals surface area contributed by atoms with Crippen LogP contribution in [0, 0.1) is 12.3 Å². The van der Waals surface area contributed by atoms with Crippen molar-refractivity contribution in [1.29, 1.82) is 0 Å². The minimum absolute atomic E-state index is 0.0186. The Kier molecular flexibility index (Phi) is 4.08. The molecule has 0 saturated heterocycles. The number of halogens is 2. The Bertz CT molecular complexity index is 608. The van der Waals surface area contributed by atoms with Gasteiger partial charge in [0.15, 0.2) is 0 Å². The molecule has 0 bridgehead atoms. The Morgan fingerprint density at radius 1 is 1.43 bits per heavy atom. The van der Waals surface area contributed by atoms with Crippen LogP contribution in [-0.4, -0.2) is 29.4 Å². The van der Waals surface area contributed by atoms with Crippen LogP contribution >= 0.6 is 0 Å². The number of amides is 2. The van der Waals surface area contributed by atoms with Gasteiger partial charge in [0.25, 0.3) is 0 Å². The van der Waals surface area contributed by atoms with Crippen LogP contribution in [0.4, 0.5) is 13.6 Å². The zero-order chi connectivity index (χ0) is 15.6. The van der Waals surface area contributed by atoms with Crippen molar-refractivity contribution in [3.05, 3.63) is 29.8 Å². The lowest BCUT2D eigenvalue weighted by Crippen LogP contribution is -2.38. The largest absolute Gasteiger partial charge is 0.435 e. The van der Waals surface area contributed by atoms with E-state index in [1.165, 1.54) is 17.0 Å². The first kappa shape index (κ1) is 14.8. The second-order valence-electron chi connectivity index (χ2n) is 4.42. The fourth-order valence-corrected chi connectivity index (χ4v) is 2.11. The summed E-state index contributed by atoms with van der Waals surface area (Å²) >= 11 is 0. The normalized spacial score (nSPS) is 19.4. The van der Waals surface area contributed by atoms with Gasteiger partial charge in [0.05, 0.1) is 6.04 Å². The summed E-state index contributed by atoms with van der Waals surface area (Å²) in [4.78, 5) is 16.9. The van der Waals surface area contributed by atoms with E-state index in [2.05, 4.69) is 15.6 Å². The van der Waals surface area contributed by atoms with Gasteiger partial charge in [-0.15, -0.1) is 6.42 Å². The number of hydrogen-bond acceptors (Lipinski definition) is 3. The van der Waals surface area contributed by atoms with Crippen LogP contribution in [0.1, 0.15) is 18.5 Å². The number of aliphatic imine (C=N–C) groups is 1. The van der Waals surface area contributed by atoms with Crippen molar-refractivity contribution in [3.63, 3.8) is 0 Å². The number of rotatable bonds is 4. The molecule has 21 heavy (non-hydrogen) atoms. The lowest BCUT2D eigenvalue weighted by atomic mass is 10.0. The highest BCUT2D eigenvalue weighted by Gasteiger charge is 2.37. The van der Waals surface area contributed by atoms with Crippen LogP contribution in [0.5, 0.6) is 5.75 Å². The van der Waals surface area contributed by atoms with E-state index in [0.29, 0.717) is 5.56 Å². The Labute approximate surface area is 120 Å². The number of nitrogens with zero attached hydrogens (tertiary/aromatic N) is 2. The number of ether oxygens (including phenoxy) is 1. The molecular weight excluding hydrogens is 280 g/mol. The fraction of sp³-hybridized carbons (Fsp3) is 0.286. The van der Waals surface area contributed by atoms with E-state index in [9.17, 15) is 13.6 Å². The second kappa shape index (κ2) is 5.79. The first-order valence-corrected chi connectivity index (χ1v) is 6.11. The average molecular weight is 293 g/mol. The molecule has 1 aromatic rings. The van der Waals surface area contributed by atoms with Crippen molar-refractivity contribution in [2.24, 2.45) is 10.7 Å². The highest BCUT2D eigenvalue weighted by atomic mass is 19.3. The summed E-state index contributed by atoms with van der Waals surface area (Å²) in [5.41, 5.74) is 6.39. The molecule has 2 unspecified atom stereocenters. The highest BCUT2D eigenvalue weighted by molar-refractivity contribution is 6.03. The maximum Gasteiger partial charge on any atom is 0.387 e. The van der Waals surface area contributed by atoms with E-state index in [4.69, 9.17) is 12.2 Å². The molecule has 0 spiro atoms. The maximum atomic E-state index is 12.1. The number of nitrogens with two attached hydrogens (primary N) is 1. The Hall–Kier alpha value is -2.62. The van der Waals surface area contributed by atoms with Crippen LogP contribution in [-0.2, 0) is 0 Å². The quantitative estimate of drug-likeness (QED) is 0.865. The molecule has 2 atom stereocenters. The second-order valence-corrected chi connectivity index (χ2v) is 4.42. The van der Waals surface area contributed by atoms with E-state index in [-0.39, 0.29) is 11.6 Å². The third kappa shape index (κ3) is 2.94. The van der Waals surface area contributed by atoms with Gasteiger partial charge < -0.3 is 10.5 Å². The van der Waals surface area contributed by atoms with Crippen molar-refractivity contribution >= 4 is 11.9 Å². The molecule has 5 nitrogen and oxygen atoms in total. The predicted molar refractivity (Wildman–Crippen MR) is 73.0 cm³/mol. The predicted octanol–water partition coefficient (Wildman–Crippen LogP) is 2.14. The number of urea groups is 1. The first-order valence-electron chi connectivity index (χ1n) is 6.11. The summed E-state index contributed by atoms with van der Waals surface area (Å²) in [7, 11) is 0. The van der Waals surface area contributed by atoms with Gasteiger partial charge in [0.2, 0.25) is 0 Å². The molecule has 0 aliphatic carbocycles. The minimum Gasteiger partial charge on any atom is -0.435 e. The van der Waals surface area contributed by atoms with Crippen LogP contribution in [0.2, 0.25) is 0 Å². The lowest BCUT2D eigenvalue weighted by molar-refractivity contribution is -0.0498. The fourth-order valence-electron chi connectivity index (χ4n) is 2.11. The summed E-state index contributed by atoms with van der Waals surface area (Å²) in [6.07, 6.45) is 5.34. The molecule has 1 heterocycles. The molecule has 1 aliphatic rings. The Balaban J connectivity index is 2.29. The lowest BCUT2D eigenvalue weighted by Gasteiger charge is -2.27. The molecular formula is C14H13F2N3O2. The van der Waals surface area contributed by atoms with Crippen molar-refractivity contribution < 1.29 is 18.3 Å². The molecule has 0 fully saturated rings. The van der Waals surface area contributed by atoms with Gasteiger partial charge in [0, 0.05) is 0 Å². The SMILES string of the molecule is C#CC(C)N1C(=O)N=C(N)C1c1ccc(OC(F)F)cc1. The van der Waals surface area contributed by atoms with Gasteiger partial charge >= 0.3 is 12.6 Å². The number of benzene rings is 1. The Morgan fingerprint density at radius 3 is 2.57 bits per heavy atom. The molecule has 0 aromatic heterocycles. The molecule has 0 saturated carbocycles. The van der Waals surface area contributed by atoms with Gasteiger partial charge in [-0.05, 0) is 24.6 Å². The van der Waals surface area contributed by atoms with Gasteiger partial charge in [0.1, 0.15) is 17.6 Å². The van der Waals surface area contributed by atoms with Gasteiger partial charge in [-0.2, -0.15) is 13.8 Å². The number of carbonyl (C=O) groups excluding carboxylic acids is 1. The van der Waals surface area contributed by atoms with Gasteiger partial charge in [-0.1, -0.05) is 18.1 Å². The number of terminal acetylenes is 1. The van der Waals surface area contributed by atoms with Crippen molar-refractivity contribution in [1.82, 2.24) is 4.90 Å². The van der Waals surface area contributed by atoms with Crippen molar-refractivity contribution in [3.8, 4) is 18.1 Å². The molecule has 1 aromatic carbocycles. The first-order chi connectivity index (χ1) is 9.93. The molecule has 7 heteroatoms. The standard InChI is InChI=1S/C14H13F2N3O2/c1-3-8(2)19-11(12(17)18-14(19)20)9-4-6-10(7-5-9)21-13(15)16/h1,4-8,11,13H,2H3,(H2,17,18,20). The van der Waals surface area contributed by atoms with Crippen LogP contribution in [0.3, 0.4) is 0 Å². The van der Waals surface area contributed by atoms with E-state index in [1.54, 1.807) is 19.1 Å². The van der Waals surface area contributed by atoms with Crippen molar-refractivity contribution in [2.45, 2.75) is 25.6 Å². The van der Waals surface area contributed by atoms with E-state index in [0.717, 1.165) is 0 Å². The molecule has 110 valence electrons. The summed E-state index contributed by atoms with van der Waals surface area (Å²) in [5, 5.41) is 0. The highest BCUT2D eigenvalue weighted by Crippen LogP contribution is 2.30. The number of amidine groups is 1.